The standard InChI is InChI=1S/C16H19N5O4.ClH/c1-24-15(25-8-10-5-3-2-4-6-10)11(7-22)21-9-18-12-13(21)19-16(17)20-14(12)23;/h2-6,9,11,15,22H,7-8H2,1H3,(H3,17,19,20,23);1H. The maximum absolute atomic E-state index is 11.9. The molecule has 2 atom stereocenters. The Kier molecular flexibility index (Phi) is 6.70. The molecule has 0 aliphatic carbocycles. The van der Waals surface area contributed by atoms with Crippen LogP contribution in [0.3, 0.4) is 0 Å². The number of fused-ring (bicyclic) bond motifs is 1. The second kappa shape index (κ2) is 8.77. The number of nitrogens with zero attached hydrogens (tertiary/aromatic N) is 3. The zero-order chi connectivity index (χ0) is 17.8. The molecule has 0 radical (unpaired) electrons. The molecule has 0 aliphatic rings. The molecule has 4 N–H and O–H groups in total. The number of H-pyrrole nitrogens is 1. The van der Waals surface area contributed by atoms with Gasteiger partial charge in [0.1, 0.15) is 6.04 Å². The van der Waals surface area contributed by atoms with Crippen LogP contribution in [0.2, 0.25) is 0 Å². The monoisotopic (exact) mass is 381 g/mol. The van der Waals surface area contributed by atoms with Crippen molar-refractivity contribution in [1.82, 2.24) is 19.5 Å². The summed E-state index contributed by atoms with van der Waals surface area (Å²) >= 11 is 0. The number of rotatable bonds is 7. The number of imidazole rings is 1. The van der Waals surface area contributed by atoms with E-state index in [0.29, 0.717) is 6.61 Å². The number of nitrogens with two attached hydrogens (primary N) is 1. The van der Waals surface area contributed by atoms with Gasteiger partial charge in [-0.3, -0.25) is 9.78 Å². The molecule has 1 aromatic carbocycles. The molecule has 0 amide bonds. The fourth-order valence-corrected chi connectivity index (χ4v) is 2.58. The van der Waals surface area contributed by atoms with Gasteiger partial charge in [-0.1, -0.05) is 30.3 Å². The summed E-state index contributed by atoms with van der Waals surface area (Å²) in [6, 6.07) is 8.94. The summed E-state index contributed by atoms with van der Waals surface area (Å²) in [5.74, 6) is -0.0323. The zero-order valence-corrected chi connectivity index (χ0v) is 14.8. The highest BCUT2D eigenvalue weighted by atomic mass is 35.5. The lowest BCUT2D eigenvalue weighted by molar-refractivity contribution is -0.164. The number of nitrogen functional groups attached to an aromatic ring is 1. The quantitative estimate of drug-likeness (QED) is 0.517. The maximum atomic E-state index is 11.9. The van der Waals surface area contributed by atoms with E-state index in [1.54, 1.807) is 0 Å². The number of nitrogens with one attached hydrogen (secondary N) is 1. The molecule has 10 heteroatoms. The highest BCUT2D eigenvalue weighted by molar-refractivity contribution is 5.85. The predicted octanol–water partition coefficient (Wildman–Crippen LogP) is 0.846. The van der Waals surface area contributed by atoms with E-state index >= 15 is 0 Å². The van der Waals surface area contributed by atoms with Gasteiger partial charge < -0.3 is 24.9 Å². The molecule has 2 aromatic heterocycles. The molecule has 0 saturated heterocycles. The second-order valence-corrected chi connectivity index (χ2v) is 5.43. The van der Waals surface area contributed by atoms with Crippen molar-refractivity contribution in [2.45, 2.75) is 18.9 Å². The number of aromatic amines is 1. The summed E-state index contributed by atoms with van der Waals surface area (Å²) in [4.78, 5) is 22.4. The van der Waals surface area contributed by atoms with Crippen LogP contribution in [0.15, 0.2) is 41.5 Å². The number of aromatic nitrogens is 4. The van der Waals surface area contributed by atoms with Gasteiger partial charge in [0.05, 0.1) is 19.5 Å². The molecule has 0 saturated carbocycles. The van der Waals surface area contributed by atoms with Crippen molar-refractivity contribution < 1.29 is 14.6 Å². The molecule has 0 spiro atoms. The number of hydrogen-bond acceptors (Lipinski definition) is 7. The number of methoxy groups -OCH3 is 1. The van der Waals surface area contributed by atoms with E-state index < -0.39 is 17.9 Å². The molecular formula is C16H20ClN5O4. The lowest BCUT2D eigenvalue weighted by Crippen LogP contribution is -2.31. The van der Waals surface area contributed by atoms with E-state index in [9.17, 15) is 9.90 Å². The Hall–Kier alpha value is -2.46. The van der Waals surface area contributed by atoms with E-state index in [1.165, 1.54) is 18.0 Å². The Balaban J connectivity index is 0.00000243. The number of ether oxygens (including phenoxy) is 2. The maximum Gasteiger partial charge on any atom is 0.280 e. The first-order valence-electron chi connectivity index (χ1n) is 7.65. The van der Waals surface area contributed by atoms with Gasteiger partial charge in [-0.25, -0.2) is 4.98 Å². The molecule has 0 fully saturated rings. The average molecular weight is 382 g/mol. The zero-order valence-electron chi connectivity index (χ0n) is 14.0. The van der Waals surface area contributed by atoms with E-state index in [2.05, 4.69) is 15.0 Å². The van der Waals surface area contributed by atoms with Crippen molar-refractivity contribution in [1.29, 1.82) is 0 Å². The van der Waals surface area contributed by atoms with Crippen LogP contribution in [0, 0.1) is 0 Å². The molecular weight excluding hydrogens is 362 g/mol. The number of aliphatic hydroxyl groups is 1. The summed E-state index contributed by atoms with van der Waals surface area (Å²) in [7, 11) is 1.48. The summed E-state index contributed by atoms with van der Waals surface area (Å²) in [5.41, 5.74) is 6.51. The highest BCUT2D eigenvalue weighted by Gasteiger charge is 2.26. The third-order valence-electron chi connectivity index (χ3n) is 3.80. The Bertz CT molecular complexity index is 899. The molecule has 26 heavy (non-hydrogen) atoms. The smallest absolute Gasteiger partial charge is 0.280 e. The minimum atomic E-state index is -0.773. The average Bonchev–Trinajstić information content (AvgIpc) is 3.03. The van der Waals surface area contributed by atoms with E-state index in [0.717, 1.165) is 5.56 Å². The molecule has 0 aliphatic heterocycles. The third kappa shape index (κ3) is 4.02. The molecule has 140 valence electrons. The van der Waals surface area contributed by atoms with Crippen LogP contribution in [0.5, 0.6) is 0 Å². The molecule has 2 heterocycles. The van der Waals surface area contributed by atoms with Crippen LogP contribution in [0.25, 0.3) is 11.2 Å². The lowest BCUT2D eigenvalue weighted by atomic mass is 10.2. The molecule has 3 aromatic rings. The van der Waals surface area contributed by atoms with Crippen molar-refractivity contribution >= 4 is 29.5 Å². The fourth-order valence-electron chi connectivity index (χ4n) is 2.58. The molecule has 3 rings (SSSR count). The van der Waals surface area contributed by atoms with Gasteiger partial charge in [0.2, 0.25) is 5.95 Å². The molecule has 9 nitrogen and oxygen atoms in total. The molecule has 2 unspecified atom stereocenters. The number of hydrogen-bond donors (Lipinski definition) is 3. The van der Waals surface area contributed by atoms with Crippen molar-refractivity contribution in [3.05, 3.63) is 52.6 Å². The number of benzene rings is 1. The van der Waals surface area contributed by atoms with Crippen LogP contribution < -0.4 is 11.3 Å². The van der Waals surface area contributed by atoms with Crippen LogP contribution in [-0.4, -0.2) is 44.6 Å². The van der Waals surface area contributed by atoms with Crippen LogP contribution in [0.1, 0.15) is 11.6 Å². The number of aliphatic hydroxyl groups excluding tert-OH is 1. The summed E-state index contributed by atoms with van der Waals surface area (Å²) < 4.78 is 12.7. The summed E-state index contributed by atoms with van der Waals surface area (Å²) in [6.45, 7) is 0.00572. The first-order chi connectivity index (χ1) is 12.1. The molecule has 0 bridgehead atoms. The Morgan fingerprint density at radius 1 is 1.35 bits per heavy atom. The van der Waals surface area contributed by atoms with Gasteiger partial charge in [-0.15, -0.1) is 12.4 Å². The SMILES string of the molecule is COC(OCc1ccccc1)C(CO)n1cnc2c(=O)[nH]c(N)nc21.Cl. The Morgan fingerprint density at radius 3 is 2.73 bits per heavy atom. The summed E-state index contributed by atoms with van der Waals surface area (Å²) in [5, 5.41) is 9.84. The topological polar surface area (TPSA) is 128 Å². The largest absolute Gasteiger partial charge is 0.394 e. The Morgan fingerprint density at radius 2 is 2.08 bits per heavy atom. The number of halogens is 1. The first-order valence-corrected chi connectivity index (χ1v) is 7.65. The third-order valence-corrected chi connectivity index (χ3v) is 3.80. The van der Waals surface area contributed by atoms with Crippen molar-refractivity contribution in [3.8, 4) is 0 Å². The predicted molar refractivity (Wildman–Crippen MR) is 98.0 cm³/mol. The first kappa shape index (κ1) is 19.9. The lowest BCUT2D eigenvalue weighted by Gasteiger charge is -2.25. The van der Waals surface area contributed by atoms with Gasteiger partial charge in [-0.05, 0) is 5.56 Å². The van der Waals surface area contributed by atoms with Crippen molar-refractivity contribution in [2.24, 2.45) is 0 Å². The minimum Gasteiger partial charge on any atom is -0.394 e. The van der Waals surface area contributed by atoms with Gasteiger partial charge in [0.25, 0.3) is 5.56 Å². The van der Waals surface area contributed by atoms with Gasteiger partial charge in [0, 0.05) is 7.11 Å². The normalized spacial score (nSPS) is 13.3. The highest BCUT2D eigenvalue weighted by Crippen LogP contribution is 2.21. The Labute approximate surface area is 155 Å². The minimum absolute atomic E-state index is 0. The van der Waals surface area contributed by atoms with Crippen LogP contribution in [-0.2, 0) is 16.1 Å². The van der Waals surface area contributed by atoms with Crippen LogP contribution >= 0.6 is 12.4 Å². The van der Waals surface area contributed by atoms with Gasteiger partial charge in [-0.2, -0.15) is 4.98 Å². The van der Waals surface area contributed by atoms with Crippen molar-refractivity contribution in [2.75, 3.05) is 19.5 Å². The van der Waals surface area contributed by atoms with Crippen molar-refractivity contribution in [3.63, 3.8) is 0 Å². The number of anilines is 1. The van der Waals surface area contributed by atoms with Gasteiger partial charge in [0.15, 0.2) is 17.5 Å². The van der Waals surface area contributed by atoms with E-state index in [4.69, 9.17) is 15.2 Å². The van der Waals surface area contributed by atoms with Gasteiger partial charge >= 0.3 is 0 Å². The summed E-state index contributed by atoms with van der Waals surface area (Å²) in [6.07, 6.45) is 0.635. The van der Waals surface area contributed by atoms with E-state index in [1.807, 2.05) is 30.3 Å². The van der Waals surface area contributed by atoms with Crippen LogP contribution in [0.4, 0.5) is 5.95 Å². The second-order valence-electron chi connectivity index (χ2n) is 5.43. The fraction of sp³-hybridized carbons (Fsp3) is 0.312. The van der Waals surface area contributed by atoms with E-state index in [-0.39, 0.29) is 36.1 Å².